The van der Waals surface area contributed by atoms with E-state index in [4.69, 9.17) is 9.84 Å². The van der Waals surface area contributed by atoms with Crippen molar-refractivity contribution < 1.29 is 23.1 Å². The third-order valence-electron chi connectivity index (χ3n) is 4.21. The second-order valence-corrected chi connectivity index (χ2v) is 8.61. The number of ether oxygens (including phenoxy) is 1. The molecule has 0 bridgehead atoms. The van der Waals surface area contributed by atoms with Gasteiger partial charge in [0.2, 0.25) is 0 Å². The maximum absolute atomic E-state index is 12.9. The number of carboxylic acid groups (broad SMARTS) is 1. The van der Waals surface area contributed by atoms with Gasteiger partial charge in [0.15, 0.2) is 5.13 Å². The minimum atomic E-state index is -4.10. The van der Waals surface area contributed by atoms with E-state index in [9.17, 15) is 13.2 Å². The van der Waals surface area contributed by atoms with Gasteiger partial charge in [-0.1, -0.05) is 41.7 Å². The van der Waals surface area contributed by atoms with Crippen LogP contribution in [-0.2, 0) is 10.0 Å². The van der Waals surface area contributed by atoms with E-state index in [2.05, 4.69) is 9.71 Å². The van der Waals surface area contributed by atoms with E-state index < -0.39 is 16.0 Å². The zero-order chi connectivity index (χ0) is 19.9. The van der Waals surface area contributed by atoms with Crippen LogP contribution < -0.4 is 9.46 Å². The standard InChI is InChI=1S/C19H14N2O5S2/c1-26-14-8-6-12(18(22)23)10-16(14)28(24,25)21-19-20-17-13-5-3-2-4-11(13)7-9-15(17)27-19/h2-10H,1H3,(H,20,21)(H,22,23). The number of sulfonamides is 1. The number of carboxylic acids is 1. The van der Waals surface area contributed by atoms with Crippen LogP contribution >= 0.6 is 11.3 Å². The molecule has 4 aromatic rings. The number of rotatable bonds is 5. The number of methoxy groups -OCH3 is 1. The molecular weight excluding hydrogens is 400 g/mol. The lowest BCUT2D eigenvalue weighted by molar-refractivity contribution is 0.0696. The minimum Gasteiger partial charge on any atom is -0.495 e. The molecule has 0 atom stereocenters. The van der Waals surface area contributed by atoms with Crippen LogP contribution in [0.25, 0.3) is 21.0 Å². The Morgan fingerprint density at radius 3 is 2.68 bits per heavy atom. The first-order valence-corrected chi connectivity index (χ1v) is 10.4. The topological polar surface area (TPSA) is 106 Å². The number of nitrogens with zero attached hydrogens (tertiary/aromatic N) is 1. The fraction of sp³-hybridized carbons (Fsp3) is 0.0526. The van der Waals surface area contributed by atoms with Crippen molar-refractivity contribution in [2.45, 2.75) is 4.90 Å². The second kappa shape index (κ2) is 6.77. The largest absolute Gasteiger partial charge is 0.495 e. The van der Waals surface area contributed by atoms with Crippen molar-refractivity contribution in [3.05, 3.63) is 60.2 Å². The van der Waals surface area contributed by atoms with Gasteiger partial charge in [0, 0.05) is 5.39 Å². The molecule has 0 aliphatic carbocycles. The van der Waals surface area contributed by atoms with Crippen molar-refractivity contribution in [1.29, 1.82) is 0 Å². The van der Waals surface area contributed by atoms with Gasteiger partial charge < -0.3 is 9.84 Å². The first-order valence-electron chi connectivity index (χ1n) is 8.11. The maximum Gasteiger partial charge on any atom is 0.335 e. The van der Waals surface area contributed by atoms with Gasteiger partial charge in [0.25, 0.3) is 10.0 Å². The molecule has 3 aromatic carbocycles. The van der Waals surface area contributed by atoms with E-state index in [0.717, 1.165) is 21.5 Å². The smallest absolute Gasteiger partial charge is 0.335 e. The van der Waals surface area contributed by atoms with Crippen LogP contribution in [0.3, 0.4) is 0 Å². The summed E-state index contributed by atoms with van der Waals surface area (Å²) < 4.78 is 34.1. The van der Waals surface area contributed by atoms with E-state index in [1.54, 1.807) is 0 Å². The van der Waals surface area contributed by atoms with E-state index in [1.807, 2.05) is 36.4 Å². The minimum absolute atomic E-state index is 0.0454. The highest BCUT2D eigenvalue weighted by Crippen LogP contribution is 2.34. The molecule has 9 heteroatoms. The predicted molar refractivity (Wildman–Crippen MR) is 108 cm³/mol. The fourth-order valence-corrected chi connectivity index (χ4v) is 5.21. The number of aromatic carboxylic acids is 1. The van der Waals surface area contributed by atoms with Crippen LogP contribution in [0.2, 0.25) is 0 Å². The lowest BCUT2D eigenvalue weighted by Gasteiger charge is -2.10. The van der Waals surface area contributed by atoms with E-state index in [0.29, 0.717) is 5.52 Å². The molecular formula is C19H14N2O5S2. The van der Waals surface area contributed by atoms with Crippen molar-refractivity contribution >= 4 is 53.5 Å². The van der Waals surface area contributed by atoms with Gasteiger partial charge in [-0.15, -0.1) is 0 Å². The van der Waals surface area contributed by atoms with E-state index in [1.165, 1.54) is 30.6 Å². The molecule has 0 spiro atoms. The van der Waals surface area contributed by atoms with Gasteiger partial charge in [0.05, 0.1) is 22.9 Å². The lowest BCUT2D eigenvalue weighted by atomic mass is 10.1. The van der Waals surface area contributed by atoms with Crippen LogP contribution in [0.4, 0.5) is 5.13 Å². The highest BCUT2D eigenvalue weighted by molar-refractivity contribution is 7.93. The number of anilines is 1. The first kappa shape index (κ1) is 18.2. The maximum atomic E-state index is 12.9. The molecule has 142 valence electrons. The number of carbonyl (C=O) groups is 1. The van der Waals surface area contributed by atoms with Crippen molar-refractivity contribution in [3.63, 3.8) is 0 Å². The Hall–Kier alpha value is -3.17. The molecule has 0 radical (unpaired) electrons. The third-order valence-corrected chi connectivity index (χ3v) is 6.63. The third kappa shape index (κ3) is 3.14. The first-order chi connectivity index (χ1) is 13.4. The molecule has 0 saturated heterocycles. The normalized spacial score (nSPS) is 11.6. The van der Waals surface area contributed by atoms with E-state index >= 15 is 0 Å². The summed E-state index contributed by atoms with van der Waals surface area (Å²) in [6.07, 6.45) is 0. The van der Waals surface area contributed by atoms with Crippen molar-refractivity contribution in [1.82, 2.24) is 4.98 Å². The molecule has 0 amide bonds. The van der Waals surface area contributed by atoms with Gasteiger partial charge in [-0.3, -0.25) is 4.72 Å². The van der Waals surface area contributed by atoms with E-state index in [-0.39, 0.29) is 21.3 Å². The molecule has 0 aliphatic heterocycles. The van der Waals surface area contributed by atoms with Crippen LogP contribution in [0, 0.1) is 0 Å². The molecule has 1 aromatic heterocycles. The summed E-state index contributed by atoms with van der Waals surface area (Å²) in [5.74, 6) is -1.19. The highest BCUT2D eigenvalue weighted by Gasteiger charge is 2.23. The molecule has 0 fully saturated rings. The molecule has 0 saturated carbocycles. The molecule has 7 nitrogen and oxygen atoms in total. The van der Waals surface area contributed by atoms with Gasteiger partial charge in [-0.05, 0) is 29.7 Å². The molecule has 0 unspecified atom stereocenters. The molecule has 4 rings (SSSR count). The summed E-state index contributed by atoms with van der Waals surface area (Å²) in [5.41, 5.74) is 0.545. The Morgan fingerprint density at radius 1 is 1.14 bits per heavy atom. The van der Waals surface area contributed by atoms with Crippen LogP contribution in [0.1, 0.15) is 10.4 Å². The summed E-state index contributed by atoms with van der Waals surface area (Å²) in [6.45, 7) is 0. The average molecular weight is 414 g/mol. The Morgan fingerprint density at radius 2 is 1.93 bits per heavy atom. The van der Waals surface area contributed by atoms with Crippen LogP contribution in [0.15, 0.2) is 59.5 Å². The number of benzene rings is 3. The Balaban J connectivity index is 1.79. The van der Waals surface area contributed by atoms with Gasteiger partial charge in [-0.2, -0.15) is 0 Å². The van der Waals surface area contributed by atoms with Crippen LogP contribution in [-0.4, -0.2) is 31.6 Å². The summed E-state index contributed by atoms with van der Waals surface area (Å²) in [5, 5.41) is 11.3. The van der Waals surface area contributed by atoms with Crippen molar-refractivity contribution in [2.24, 2.45) is 0 Å². The fourth-order valence-electron chi connectivity index (χ4n) is 2.89. The summed E-state index contributed by atoms with van der Waals surface area (Å²) in [7, 11) is -2.79. The number of hydrogen-bond acceptors (Lipinski definition) is 6. The van der Waals surface area contributed by atoms with Gasteiger partial charge in [-0.25, -0.2) is 18.2 Å². The van der Waals surface area contributed by atoms with Crippen molar-refractivity contribution in [3.8, 4) is 5.75 Å². The number of hydrogen-bond donors (Lipinski definition) is 2. The number of aromatic nitrogens is 1. The zero-order valence-corrected chi connectivity index (χ0v) is 16.2. The molecule has 28 heavy (non-hydrogen) atoms. The van der Waals surface area contributed by atoms with Crippen LogP contribution in [0.5, 0.6) is 5.75 Å². The highest BCUT2D eigenvalue weighted by atomic mass is 32.2. The van der Waals surface area contributed by atoms with Gasteiger partial charge in [0.1, 0.15) is 10.6 Å². The molecule has 1 heterocycles. The number of nitrogens with one attached hydrogen (secondary N) is 1. The second-order valence-electron chi connectivity index (χ2n) is 5.93. The molecule has 2 N–H and O–H groups in total. The zero-order valence-electron chi connectivity index (χ0n) is 14.5. The van der Waals surface area contributed by atoms with Gasteiger partial charge >= 0.3 is 5.97 Å². The SMILES string of the molecule is COc1ccc(C(=O)O)cc1S(=O)(=O)Nc1nc2c(ccc3ccccc32)s1. The number of fused-ring (bicyclic) bond motifs is 3. The summed E-state index contributed by atoms with van der Waals surface area (Å²) in [6, 6.07) is 15.2. The predicted octanol–water partition coefficient (Wildman–Crippen LogP) is 3.96. The Kier molecular flexibility index (Phi) is 4.40. The van der Waals surface area contributed by atoms with Crippen molar-refractivity contribution in [2.75, 3.05) is 11.8 Å². The monoisotopic (exact) mass is 414 g/mol. The Bertz CT molecular complexity index is 1330. The lowest BCUT2D eigenvalue weighted by Crippen LogP contribution is -2.15. The Labute approximate surface area is 164 Å². The average Bonchev–Trinajstić information content (AvgIpc) is 3.09. The summed E-state index contributed by atoms with van der Waals surface area (Å²) >= 11 is 1.20. The molecule has 0 aliphatic rings. The summed E-state index contributed by atoms with van der Waals surface area (Å²) in [4.78, 5) is 15.4. The number of thiazole rings is 1. The quantitative estimate of drug-likeness (QED) is 0.512.